The van der Waals surface area contributed by atoms with Gasteiger partial charge in [0.05, 0.1) is 15.6 Å². The van der Waals surface area contributed by atoms with Crippen molar-refractivity contribution < 1.29 is 4.79 Å². The van der Waals surface area contributed by atoms with Crippen molar-refractivity contribution in [1.29, 1.82) is 0 Å². The quantitative estimate of drug-likeness (QED) is 0.929. The topological polar surface area (TPSA) is 32.3 Å². The van der Waals surface area contributed by atoms with E-state index in [4.69, 9.17) is 11.6 Å². The molecule has 0 spiro atoms. The first-order valence-corrected chi connectivity index (χ1v) is 6.65. The van der Waals surface area contributed by atoms with Gasteiger partial charge in [0.15, 0.2) is 0 Å². The van der Waals surface area contributed by atoms with Crippen LogP contribution < -0.4 is 10.2 Å². The summed E-state index contributed by atoms with van der Waals surface area (Å²) in [5.41, 5.74) is 1.62. The molecule has 0 fully saturated rings. The van der Waals surface area contributed by atoms with Gasteiger partial charge in [-0.1, -0.05) is 17.7 Å². The zero-order valence-corrected chi connectivity index (χ0v) is 11.7. The molecule has 0 saturated heterocycles. The van der Waals surface area contributed by atoms with E-state index < -0.39 is 0 Å². The molecule has 3 nitrogen and oxygen atoms in total. The molecule has 2 rings (SSSR count). The number of carbonyl (C=O) groups excluding carboxylic acids is 1. The molecule has 1 amide bonds. The summed E-state index contributed by atoms with van der Waals surface area (Å²) in [5.74, 6) is -0.112. The largest absolute Gasteiger partial charge is 0.376 e. The van der Waals surface area contributed by atoms with Crippen LogP contribution in [-0.2, 0) is 0 Å². The molecule has 2 aromatic rings. The predicted octanol–water partition coefficient (Wildman–Crippen LogP) is 3.72. The minimum atomic E-state index is -0.112. The molecule has 0 radical (unpaired) electrons. The van der Waals surface area contributed by atoms with Gasteiger partial charge in [0.2, 0.25) is 0 Å². The summed E-state index contributed by atoms with van der Waals surface area (Å²) in [7, 11) is 3.84. The molecule has 0 aliphatic rings. The lowest BCUT2D eigenvalue weighted by Crippen LogP contribution is -2.12. The Labute approximate surface area is 115 Å². The molecule has 1 aromatic carbocycles. The van der Waals surface area contributed by atoms with Gasteiger partial charge in [0.25, 0.3) is 5.91 Å². The number of nitrogens with zero attached hydrogens (tertiary/aromatic N) is 1. The third kappa shape index (κ3) is 2.83. The van der Waals surface area contributed by atoms with Crippen molar-refractivity contribution in [1.82, 2.24) is 0 Å². The van der Waals surface area contributed by atoms with Crippen molar-refractivity contribution in [2.75, 3.05) is 24.3 Å². The number of carbonyl (C=O) groups is 1. The van der Waals surface area contributed by atoms with E-state index in [2.05, 4.69) is 5.32 Å². The average molecular weight is 281 g/mol. The van der Waals surface area contributed by atoms with Crippen LogP contribution in [0.1, 0.15) is 9.67 Å². The van der Waals surface area contributed by atoms with Gasteiger partial charge < -0.3 is 10.2 Å². The number of amides is 1. The van der Waals surface area contributed by atoms with Crippen LogP contribution in [0.25, 0.3) is 0 Å². The van der Waals surface area contributed by atoms with Crippen molar-refractivity contribution in [2.24, 2.45) is 0 Å². The van der Waals surface area contributed by atoms with Crippen LogP contribution in [0.5, 0.6) is 0 Å². The minimum Gasteiger partial charge on any atom is -0.376 e. The Bertz CT molecular complexity index is 552. The first-order chi connectivity index (χ1) is 8.58. The first kappa shape index (κ1) is 12.9. The van der Waals surface area contributed by atoms with Crippen LogP contribution in [-0.4, -0.2) is 20.0 Å². The lowest BCUT2D eigenvalue weighted by Gasteiger charge is -2.15. The van der Waals surface area contributed by atoms with Gasteiger partial charge in [0.1, 0.15) is 0 Å². The Kier molecular flexibility index (Phi) is 3.89. The lowest BCUT2D eigenvalue weighted by molar-refractivity contribution is 0.103. The highest BCUT2D eigenvalue weighted by Gasteiger charge is 2.08. The van der Waals surface area contributed by atoms with Crippen molar-refractivity contribution in [2.45, 2.75) is 0 Å². The smallest absolute Gasteiger partial charge is 0.265 e. The Hall–Kier alpha value is -1.52. The summed E-state index contributed by atoms with van der Waals surface area (Å²) >= 11 is 7.55. The predicted molar refractivity (Wildman–Crippen MR) is 78.1 cm³/mol. The van der Waals surface area contributed by atoms with E-state index in [0.717, 1.165) is 5.69 Å². The second-order valence-corrected chi connectivity index (χ2v) is 5.35. The van der Waals surface area contributed by atoms with E-state index in [0.29, 0.717) is 15.6 Å². The van der Waals surface area contributed by atoms with Crippen LogP contribution in [0, 0.1) is 0 Å². The molecule has 1 N–H and O–H groups in total. The summed E-state index contributed by atoms with van der Waals surface area (Å²) in [4.78, 5) is 14.5. The molecule has 0 aliphatic carbocycles. The highest BCUT2D eigenvalue weighted by molar-refractivity contribution is 7.12. The van der Waals surface area contributed by atoms with Gasteiger partial charge >= 0.3 is 0 Å². The van der Waals surface area contributed by atoms with Crippen LogP contribution in [0.3, 0.4) is 0 Å². The van der Waals surface area contributed by atoms with Crippen LogP contribution in [0.15, 0.2) is 35.7 Å². The van der Waals surface area contributed by atoms with E-state index >= 15 is 0 Å². The third-order valence-corrected chi connectivity index (χ3v) is 3.60. The van der Waals surface area contributed by atoms with Gasteiger partial charge in [-0.2, -0.15) is 0 Å². The van der Waals surface area contributed by atoms with E-state index in [-0.39, 0.29) is 5.91 Å². The van der Waals surface area contributed by atoms with Crippen molar-refractivity contribution in [3.05, 3.63) is 45.6 Å². The fraction of sp³-hybridized carbons (Fsp3) is 0.154. The third-order valence-electron chi connectivity index (χ3n) is 2.43. The van der Waals surface area contributed by atoms with Crippen LogP contribution in [0.2, 0.25) is 5.02 Å². The van der Waals surface area contributed by atoms with Gasteiger partial charge in [0, 0.05) is 19.8 Å². The molecule has 94 valence electrons. The Balaban J connectivity index is 2.16. The lowest BCUT2D eigenvalue weighted by atomic mass is 10.2. The van der Waals surface area contributed by atoms with Crippen molar-refractivity contribution >= 4 is 40.2 Å². The molecular weight excluding hydrogens is 268 g/mol. The highest BCUT2D eigenvalue weighted by Crippen LogP contribution is 2.27. The minimum absolute atomic E-state index is 0.112. The number of benzene rings is 1. The van der Waals surface area contributed by atoms with E-state index in [1.165, 1.54) is 11.3 Å². The number of hydrogen-bond acceptors (Lipinski definition) is 3. The molecule has 0 atom stereocenters. The highest BCUT2D eigenvalue weighted by atomic mass is 35.5. The van der Waals surface area contributed by atoms with E-state index in [1.807, 2.05) is 42.6 Å². The summed E-state index contributed by atoms with van der Waals surface area (Å²) in [6, 6.07) is 9.11. The maximum Gasteiger partial charge on any atom is 0.265 e. The zero-order chi connectivity index (χ0) is 13.1. The van der Waals surface area contributed by atoms with Gasteiger partial charge in [-0.15, -0.1) is 11.3 Å². The van der Waals surface area contributed by atoms with Crippen molar-refractivity contribution in [3.63, 3.8) is 0 Å². The standard InChI is InChI=1S/C13H13ClN2OS/c1-16(2)11-6-5-9(8-10(11)14)15-13(17)12-4-3-7-18-12/h3-8H,1-2H3,(H,15,17). The Morgan fingerprint density at radius 1 is 1.33 bits per heavy atom. The second kappa shape index (κ2) is 5.42. The molecule has 18 heavy (non-hydrogen) atoms. The number of thiophene rings is 1. The maximum absolute atomic E-state index is 11.9. The normalized spacial score (nSPS) is 10.2. The molecule has 0 saturated carbocycles. The van der Waals surface area contributed by atoms with E-state index in [9.17, 15) is 4.79 Å². The van der Waals surface area contributed by atoms with Crippen molar-refractivity contribution in [3.8, 4) is 0 Å². The average Bonchev–Trinajstić information content (AvgIpc) is 2.81. The maximum atomic E-state index is 11.9. The molecule has 0 bridgehead atoms. The first-order valence-electron chi connectivity index (χ1n) is 5.39. The molecular formula is C13H13ClN2OS. The monoisotopic (exact) mass is 280 g/mol. The Morgan fingerprint density at radius 3 is 2.67 bits per heavy atom. The number of hydrogen-bond donors (Lipinski definition) is 1. The number of halogens is 1. The fourth-order valence-electron chi connectivity index (χ4n) is 1.55. The van der Waals surface area contributed by atoms with Gasteiger partial charge in [-0.05, 0) is 29.6 Å². The molecule has 1 heterocycles. The second-order valence-electron chi connectivity index (χ2n) is 3.99. The van der Waals surface area contributed by atoms with Gasteiger partial charge in [-0.3, -0.25) is 4.79 Å². The summed E-state index contributed by atoms with van der Waals surface area (Å²) in [6.45, 7) is 0. The molecule has 0 unspecified atom stereocenters. The number of rotatable bonds is 3. The Morgan fingerprint density at radius 2 is 2.11 bits per heavy atom. The summed E-state index contributed by atoms with van der Waals surface area (Å²) < 4.78 is 0. The SMILES string of the molecule is CN(C)c1ccc(NC(=O)c2cccs2)cc1Cl. The molecule has 0 aliphatic heterocycles. The fourth-order valence-corrected chi connectivity index (χ4v) is 2.52. The zero-order valence-electron chi connectivity index (χ0n) is 10.1. The summed E-state index contributed by atoms with van der Waals surface area (Å²) in [5, 5.41) is 5.31. The summed E-state index contributed by atoms with van der Waals surface area (Å²) in [6.07, 6.45) is 0. The van der Waals surface area contributed by atoms with Crippen LogP contribution in [0.4, 0.5) is 11.4 Å². The van der Waals surface area contributed by atoms with E-state index in [1.54, 1.807) is 12.1 Å². The molecule has 1 aromatic heterocycles. The van der Waals surface area contributed by atoms with Crippen LogP contribution >= 0.6 is 22.9 Å². The number of nitrogens with one attached hydrogen (secondary N) is 1. The number of anilines is 2. The van der Waals surface area contributed by atoms with Gasteiger partial charge in [-0.25, -0.2) is 0 Å². The molecule has 5 heteroatoms.